The molecule has 2 heterocycles. The minimum absolute atomic E-state index is 0.0365. The normalized spacial score (nSPS) is 19.5. The summed E-state index contributed by atoms with van der Waals surface area (Å²) in [6.07, 6.45) is -2.73. The number of aryl methyl sites for hydroxylation is 1. The number of likely N-dealkylation sites (tertiary alicyclic amines) is 1. The number of hydrogen-bond acceptors (Lipinski definition) is 4. The van der Waals surface area contributed by atoms with E-state index in [1.807, 2.05) is 60.4 Å². The standard InChI is InChI=1S/C34H36F3N3O4/c1-22-4-12-27(13-5-22)40-30(41)17-16-29(31(40)23-8-14-28(44-3)15-9-23)33(43)39-20-18-26(19-21-39)38(2)32(42)24-6-10-25(11-7-24)34(35,36)37/h4-15,26,29,31H,16-21H2,1-3H3. The van der Waals surface area contributed by atoms with Crippen molar-refractivity contribution in [2.75, 3.05) is 32.1 Å². The van der Waals surface area contributed by atoms with Gasteiger partial charge in [-0.05, 0) is 80.3 Å². The minimum atomic E-state index is -4.47. The fraction of sp³-hybridized carbons (Fsp3) is 0.382. The van der Waals surface area contributed by atoms with Crippen molar-refractivity contribution in [3.05, 3.63) is 95.1 Å². The first-order chi connectivity index (χ1) is 21.0. The van der Waals surface area contributed by atoms with Crippen LogP contribution in [0.15, 0.2) is 72.8 Å². The second kappa shape index (κ2) is 12.7. The van der Waals surface area contributed by atoms with Crippen LogP contribution in [0, 0.1) is 12.8 Å². The molecule has 10 heteroatoms. The number of hydrogen-bond donors (Lipinski definition) is 0. The summed E-state index contributed by atoms with van der Waals surface area (Å²) in [6, 6.07) is 18.7. The molecule has 2 aliphatic rings. The van der Waals surface area contributed by atoms with Crippen LogP contribution < -0.4 is 9.64 Å². The first-order valence-electron chi connectivity index (χ1n) is 14.7. The molecule has 0 spiro atoms. The lowest BCUT2D eigenvalue weighted by Gasteiger charge is -2.44. The molecule has 232 valence electrons. The zero-order valence-corrected chi connectivity index (χ0v) is 25.0. The van der Waals surface area contributed by atoms with Crippen molar-refractivity contribution in [3.63, 3.8) is 0 Å². The number of alkyl halides is 3. The lowest BCUT2D eigenvalue weighted by molar-refractivity contribution is -0.140. The van der Waals surface area contributed by atoms with Gasteiger partial charge in [-0.2, -0.15) is 13.2 Å². The Morgan fingerprint density at radius 1 is 0.886 bits per heavy atom. The van der Waals surface area contributed by atoms with Gasteiger partial charge >= 0.3 is 6.18 Å². The molecule has 3 aromatic rings. The van der Waals surface area contributed by atoms with Gasteiger partial charge in [0.1, 0.15) is 5.75 Å². The molecule has 0 radical (unpaired) electrons. The number of nitrogens with zero attached hydrogens (tertiary/aromatic N) is 3. The highest BCUT2D eigenvalue weighted by Crippen LogP contribution is 2.42. The van der Waals surface area contributed by atoms with Crippen LogP contribution in [-0.4, -0.2) is 60.8 Å². The van der Waals surface area contributed by atoms with Crippen molar-refractivity contribution in [2.45, 2.75) is 50.9 Å². The number of carbonyl (C=O) groups is 3. The Bertz CT molecular complexity index is 1480. The first kappa shape index (κ1) is 31.1. The fourth-order valence-electron chi connectivity index (χ4n) is 6.22. The van der Waals surface area contributed by atoms with Crippen molar-refractivity contribution in [3.8, 4) is 5.75 Å². The van der Waals surface area contributed by atoms with Crippen LogP contribution in [0.5, 0.6) is 5.75 Å². The van der Waals surface area contributed by atoms with E-state index in [4.69, 9.17) is 4.74 Å². The smallest absolute Gasteiger partial charge is 0.416 e. The number of anilines is 1. The maximum absolute atomic E-state index is 14.1. The number of halogens is 3. The molecule has 0 saturated carbocycles. The molecule has 2 aliphatic heterocycles. The number of benzene rings is 3. The van der Waals surface area contributed by atoms with Crippen LogP contribution >= 0.6 is 0 Å². The van der Waals surface area contributed by atoms with E-state index in [9.17, 15) is 27.6 Å². The molecule has 0 aliphatic carbocycles. The number of rotatable bonds is 6. The summed E-state index contributed by atoms with van der Waals surface area (Å²) < 4.78 is 44.2. The quantitative estimate of drug-likeness (QED) is 0.331. The lowest BCUT2D eigenvalue weighted by Crippen LogP contribution is -2.52. The van der Waals surface area contributed by atoms with E-state index >= 15 is 0 Å². The summed E-state index contributed by atoms with van der Waals surface area (Å²) in [5.74, 6) is -0.225. The monoisotopic (exact) mass is 607 g/mol. The number of amides is 3. The summed E-state index contributed by atoms with van der Waals surface area (Å²) in [7, 11) is 3.23. The third kappa shape index (κ3) is 6.44. The molecule has 2 fully saturated rings. The summed E-state index contributed by atoms with van der Waals surface area (Å²) in [5, 5.41) is 0. The Labute approximate surface area is 255 Å². The highest BCUT2D eigenvalue weighted by Gasteiger charge is 2.43. The van der Waals surface area contributed by atoms with Crippen molar-refractivity contribution >= 4 is 23.4 Å². The van der Waals surface area contributed by atoms with E-state index in [1.165, 1.54) is 12.1 Å². The van der Waals surface area contributed by atoms with Gasteiger partial charge in [0.25, 0.3) is 5.91 Å². The first-order valence-corrected chi connectivity index (χ1v) is 14.7. The summed E-state index contributed by atoms with van der Waals surface area (Å²) in [5.41, 5.74) is 2.03. The highest BCUT2D eigenvalue weighted by molar-refractivity contribution is 5.97. The average molecular weight is 608 g/mol. The second-order valence-corrected chi connectivity index (χ2v) is 11.5. The molecule has 2 saturated heterocycles. The van der Waals surface area contributed by atoms with Gasteiger partial charge in [0.2, 0.25) is 11.8 Å². The van der Waals surface area contributed by atoms with E-state index in [0.717, 1.165) is 28.9 Å². The fourth-order valence-corrected chi connectivity index (χ4v) is 6.22. The lowest BCUT2D eigenvalue weighted by atomic mass is 9.82. The van der Waals surface area contributed by atoms with E-state index < -0.39 is 23.7 Å². The van der Waals surface area contributed by atoms with Crippen molar-refractivity contribution < 1.29 is 32.3 Å². The Morgan fingerprint density at radius 2 is 1.50 bits per heavy atom. The molecule has 2 unspecified atom stereocenters. The zero-order valence-electron chi connectivity index (χ0n) is 25.0. The molecular formula is C34H36F3N3O4. The Kier molecular flexibility index (Phi) is 8.99. The summed E-state index contributed by atoms with van der Waals surface area (Å²) in [4.78, 5) is 45.7. The molecular weight excluding hydrogens is 571 g/mol. The predicted octanol–water partition coefficient (Wildman–Crippen LogP) is 6.27. The maximum Gasteiger partial charge on any atom is 0.416 e. The Hall–Kier alpha value is -4.34. The van der Waals surface area contributed by atoms with E-state index in [-0.39, 0.29) is 35.7 Å². The average Bonchev–Trinajstić information content (AvgIpc) is 3.04. The molecule has 0 N–H and O–H groups in total. The second-order valence-electron chi connectivity index (χ2n) is 11.5. The van der Waals surface area contributed by atoms with Crippen molar-refractivity contribution in [1.29, 1.82) is 0 Å². The highest BCUT2D eigenvalue weighted by atomic mass is 19.4. The molecule has 3 amide bonds. The summed E-state index contributed by atoms with van der Waals surface area (Å²) in [6.45, 7) is 2.84. The number of carbonyl (C=O) groups excluding carboxylic acids is 3. The number of ether oxygens (including phenoxy) is 1. The van der Waals surface area contributed by atoms with Crippen molar-refractivity contribution in [2.24, 2.45) is 5.92 Å². The van der Waals surface area contributed by atoms with Gasteiger partial charge in [-0.1, -0.05) is 29.8 Å². The molecule has 44 heavy (non-hydrogen) atoms. The van der Waals surface area contributed by atoms with E-state index in [2.05, 4.69) is 0 Å². The van der Waals surface area contributed by atoms with Gasteiger partial charge in [0.15, 0.2) is 0 Å². The predicted molar refractivity (Wildman–Crippen MR) is 160 cm³/mol. The van der Waals surface area contributed by atoms with E-state index in [1.54, 1.807) is 24.0 Å². The van der Waals surface area contributed by atoms with Gasteiger partial charge < -0.3 is 19.4 Å². The van der Waals surface area contributed by atoms with Crippen molar-refractivity contribution in [1.82, 2.24) is 9.80 Å². The van der Waals surface area contributed by atoms with Crippen LogP contribution in [0.25, 0.3) is 0 Å². The SMILES string of the molecule is COc1ccc(C2C(C(=O)N3CCC(N(C)C(=O)c4ccc(C(F)(F)F)cc4)CC3)CCC(=O)N2c2ccc(C)cc2)cc1. The Balaban J connectivity index is 1.32. The van der Waals surface area contributed by atoms with Gasteiger partial charge in [-0.15, -0.1) is 0 Å². The summed E-state index contributed by atoms with van der Waals surface area (Å²) >= 11 is 0. The van der Waals surface area contributed by atoms with Crippen LogP contribution in [-0.2, 0) is 15.8 Å². The maximum atomic E-state index is 14.1. The van der Waals surface area contributed by atoms with Gasteiger partial charge in [0, 0.05) is 43.9 Å². The van der Waals surface area contributed by atoms with Gasteiger partial charge in [0.05, 0.1) is 24.6 Å². The molecule has 2 atom stereocenters. The minimum Gasteiger partial charge on any atom is -0.497 e. The topological polar surface area (TPSA) is 70.2 Å². The molecule has 0 bridgehead atoms. The van der Waals surface area contributed by atoms with Crippen LogP contribution in [0.3, 0.4) is 0 Å². The molecule has 0 aromatic heterocycles. The van der Waals surface area contributed by atoms with Gasteiger partial charge in [-0.3, -0.25) is 14.4 Å². The van der Waals surface area contributed by atoms with Crippen LogP contribution in [0.4, 0.5) is 18.9 Å². The van der Waals surface area contributed by atoms with Crippen LogP contribution in [0.2, 0.25) is 0 Å². The largest absolute Gasteiger partial charge is 0.497 e. The molecule has 3 aromatic carbocycles. The van der Waals surface area contributed by atoms with Gasteiger partial charge in [-0.25, -0.2) is 0 Å². The molecule has 5 rings (SSSR count). The van der Waals surface area contributed by atoms with Crippen LogP contribution in [0.1, 0.15) is 58.8 Å². The Morgan fingerprint density at radius 3 is 2.07 bits per heavy atom. The van der Waals surface area contributed by atoms with E-state index in [0.29, 0.717) is 38.1 Å². The third-order valence-corrected chi connectivity index (χ3v) is 8.79. The molecule has 7 nitrogen and oxygen atoms in total. The number of piperidine rings is 2. The zero-order chi connectivity index (χ0) is 31.6. The third-order valence-electron chi connectivity index (χ3n) is 8.79. The number of methoxy groups -OCH3 is 1.